The fraction of sp³-hybridized carbons (Fsp3) is 0.250. The number of rotatable bonds is 5. The molecule has 0 aliphatic carbocycles. The molecule has 0 aliphatic heterocycles. The van der Waals surface area contributed by atoms with Crippen molar-refractivity contribution >= 4 is 21.5 Å². The van der Waals surface area contributed by atoms with Crippen LogP contribution < -0.4 is 9.13 Å². The molecule has 2 aromatic carbocycles. The quantitative estimate of drug-likeness (QED) is 0.442. The van der Waals surface area contributed by atoms with E-state index in [1.165, 1.54) is 21.5 Å². The SMILES string of the molecule is CC(CCC(C)[n+]1ccc2ccccc2c1)[n+]1ccc2ccccc2c1. The molecule has 2 atom stereocenters. The number of pyridine rings is 2. The number of hydrogen-bond acceptors (Lipinski definition) is 0. The molecule has 4 aromatic rings. The van der Waals surface area contributed by atoms with Crippen LogP contribution in [0, 0.1) is 0 Å². The average molecular weight is 342 g/mol. The van der Waals surface area contributed by atoms with Crippen LogP contribution in [0.2, 0.25) is 0 Å². The normalized spacial score (nSPS) is 13.8. The van der Waals surface area contributed by atoms with Crippen molar-refractivity contribution in [1.82, 2.24) is 0 Å². The standard InChI is InChI=1S/C24H26N2/c1-19(25-15-13-21-7-3-5-9-23(21)17-25)11-12-20(2)26-16-14-22-8-4-6-10-24(22)18-26/h3-10,13-20H,11-12H2,1-2H3/q+2. The summed E-state index contributed by atoms with van der Waals surface area (Å²) in [6.45, 7) is 4.62. The minimum absolute atomic E-state index is 0.489. The van der Waals surface area contributed by atoms with Crippen LogP contribution in [-0.2, 0) is 0 Å². The summed E-state index contributed by atoms with van der Waals surface area (Å²) in [6, 6.07) is 22.5. The third-order valence-electron chi connectivity index (χ3n) is 5.44. The lowest BCUT2D eigenvalue weighted by Gasteiger charge is -2.11. The van der Waals surface area contributed by atoms with Crippen molar-refractivity contribution in [2.45, 2.75) is 38.8 Å². The molecule has 4 rings (SSSR count). The van der Waals surface area contributed by atoms with Gasteiger partial charge in [-0.1, -0.05) is 36.4 Å². The number of fused-ring (bicyclic) bond motifs is 2. The molecule has 0 amide bonds. The van der Waals surface area contributed by atoms with Crippen molar-refractivity contribution in [2.75, 3.05) is 0 Å². The summed E-state index contributed by atoms with van der Waals surface area (Å²) < 4.78 is 4.69. The van der Waals surface area contributed by atoms with Crippen molar-refractivity contribution in [1.29, 1.82) is 0 Å². The lowest BCUT2D eigenvalue weighted by molar-refractivity contribution is -0.731. The molecule has 2 nitrogen and oxygen atoms in total. The van der Waals surface area contributed by atoms with Gasteiger partial charge in [-0.05, 0) is 36.8 Å². The molecular weight excluding hydrogens is 316 g/mol. The van der Waals surface area contributed by atoms with Crippen molar-refractivity contribution in [3.63, 3.8) is 0 Å². The van der Waals surface area contributed by atoms with E-state index in [1.807, 2.05) is 0 Å². The van der Waals surface area contributed by atoms with Crippen LogP contribution in [0.1, 0.15) is 38.8 Å². The third kappa shape index (κ3) is 3.45. The second-order valence-corrected chi connectivity index (χ2v) is 7.32. The first-order valence-corrected chi connectivity index (χ1v) is 9.50. The Kier molecular flexibility index (Phi) is 4.66. The van der Waals surface area contributed by atoms with Gasteiger partial charge in [0.25, 0.3) is 0 Å². The molecule has 0 aliphatic rings. The second kappa shape index (κ2) is 7.25. The van der Waals surface area contributed by atoms with Gasteiger partial charge in [-0.25, -0.2) is 9.13 Å². The monoisotopic (exact) mass is 342 g/mol. The number of hydrogen-bond donors (Lipinski definition) is 0. The third-order valence-corrected chi connectivity index (χ3v) is 5.44. The van der Waals surface area contributed by atoms with E-state index >= 15 is 0 Å². The smallest absolute Gasteiger partial charge is 0.176 e. The maximum atomic E-state index is 2.35. The number of nitrogens with zero attached hydrogens (tertiary/aromatic N) is 2. The first-order valence-electron chi connectivity index (χ1n) is 9.50. The van der Waals surface area contributed by atoms with Gasteiger partial charge in [0.2, 0.25) is 0 Å². The maximum absolute atomic E-state index is 2.35. The van der Waals surface area contributed by atoms with Crippen LogP contribution in [0.4, 0.5) is 0 Å². The fourth-order valence-corrected chi connectivity index (χ4v) is 3.63. The Balaban J connectivity index is 1.46. The predicted octanol–water partition coefficient (Wildman–Crippen LogP) is 5.17. The Hall–Kier alpha value is -2.74. The van der Waals surface area contributed by atoms with Crippen molar-refractivity contribution < 1.29 is 9.13 Å². The largest absolute Gasteiger partial charge is 0.202 e. The molecular formula is C24H26N2+2. The predicted molar refractivity (Wildman–Crippen MR) is 107 cm³/mol. The number of aromatic nitrogens is 2. The Morgan fingerprint density at radius 2 is 0.962 bits per heavy atom. The highest BCUT2D eigenvalue weighted by Crippen LogP contribution is 2.17. The average Bonchev–Trinajstić information content (AvgIpc) is 2.71. The van der Waals surface area contributed by atoms with E-state index in [-0.39, 0.29) is 0 Å². The molecule has 2 heteroatoms. The molecule has 0 radical (unpaired) electrons. The highest BCUT2D eigenvalue weighted by Gasteiger charge is 2.19. The van der Waals surface area contributed by atoms with Crippen LogP contribution in [0.3, 0.4) is 0 Å². The van der Waals surface area contributed by atoms with E-state index < -0.39 is 0 Å². The highest BCUT2D eigenvalue weighted by molar-refractivity contribution is 5.80. The van der Waals surface area contributed by atoms with Gasteiger partial charge in [0, 0.05) is 35.7 Å². The summed E-state index contributed by atoms with van der Waals surface area (Å²) in [5.74, 6) is 0. The van der Waals surface area contributed by atoms with E-state index in [4.69, 9.17) is 0 Å². The lowest BCUT2D eigenvalue weighted by atomic mass is 10.1. The summed E-state index contributed by atoms with van der Waals surface area (Å²) >= 11 is 0. The van der Waals surface area contributed by atoms with E-state index in [0.29, 0.717) is 12.1 Å². The summed E-state index contributed by atoms with van der Waals surface area (Å²) in [4.78, 5) is 0. The van der Waals surface area contributed by atoms with Crippen LogP contribution in [0.25, 0.3) is 21.5 Å². The Morgan fingerprint density at radius 1 is 0.577 bits per heavy atom. The molecule has 26 heavy (non-hydrogen) atoms. The fourth-order valence-electron chi connectivity index (χ4n) is 3.63. The zero-order chi connectivity index (χ0) is 17.9. The van der Waals surface area contributed by atoms with Gasteiger partial charge in [-0.2, -0.15) is 0 Å². The van der Waals surface area contributed by atoms with Gasteiger partial charge < -0.3 is 0 Å². The summed E-state index contributed by atoms with van der Waals surface area (Å²) in [5.41, 5.74) is 0. The summed E-state index contributed by atoms with van der Waals surface area (Å²) in [7, 11) is 0. The van der Waals surface area contributed by atoms with E-state index in [1.54, 1.807) is 0 Å². The van der Waals surface area contributed by atoms with Gasteiger partial charge in [0.1, 0.15) is 0 Å². The minimum Gasteiger partial charge on any atom is -0.202 e. The second-order valence-electron chi connectivity index (χ2n) is 7.32. The Labute approximate surface area is 155 Å². The van der Waals surface area contributed by atoms with Crippen molar-refractivity contribution in [2.24, 2.45) is 0 Å². The molecule has 0 fully saturated rings. The molecule has 2 unspecified atom stereocenters. The molecule has 2 heterocycles. The molecule has 0 bridgehead atoms. The molecule has 0 saturated carbocycles. The number of benzene rings is 2. The van der Waals surface area contributed by atoms with E-state index in [2.05, 4.69) is 108 Å². The maximum Gasteiger partial charge on any atom is 0.176 e. The summed E-state index contributed by atoms with van der Waals surface area (Å²) in [6.07, 6.45) is 11.3. The topological polar surface area (TPSA) is 7.76 Å². The molecule has 130 valence electrons. The van der Waals surface area contributed by atoms with Gasteiger partial charge >= 0.3 is 0 Å². The first-order chi connectivity index (χ1) is 12.7. The zero-order valence-corrected chi connectivity index (χ0v) is 15.5. The Morgan fingerprint density at radius 3 is 1.38 bits per heavy atom. The van der Waals surface area contributed by atoms with E-state index in [0.717, 1.165) is 12.8 Å². The van der Waals surface area contributed by atoms with Crippen molar-refractivity contribution in [3.8, 4) is 0 Å². The van der Waals surface area contributed by atoms with Crippen molar-refractivity contribution in [3.05, 3.63) is 85.5 Å². The molecule has 2 aromatic heterocycles. The lowest BCUT2D eigenvalue weighted by Crippen LogP contribution is -2.40. The first kappa shape index (κ1) is 16.7. The highest BCUT2D eigenvalue weighted by atomic mass is 15.0. The van der Waals surface area contributed by atoms with Crippen LogP contribution in [-0.4, -0.2) is 0 Å². The van der Waals surface area contributed by atoms with Gasteiger partial charge in [0.15, 0.2) is 36.9 Å². The van der Waals surface area contributed by atoms with E-state index in [9.17, 15) is 0 Å². The van der Waals surface area contributed by atoms with Gasteiger partial charge in [-0.15, -0.1) is 0 Å². The van der Waals surface area contributed by atoms with Crippen LogP contribution >= 0.6 is 0 Å². The molecule has 0 N–H and O–H groups in total. The summed E-state index contributed by atoms with van der Waals surface area (Å²) in [5, 5.41) is 5.21. The van der Waals surface area contributed by atoms with Gasteiger partial charge in [0.05, 0.1) is 0 Å². The molecule has 0 saturated heterocycles. The van der Waals surface area contributed by atoms with Gasteiger partial charge in [-0.3, -0.25) is 0 Å². The zero-order valence-electron chi connectivity index (χ0n) is 15.5. The van der Waals surface area contributed by atoms with Crippen LogP contribution in [0.5, 0.6) is 0 Å². The minimum atomic E-state index is 0.489. The van der Waals surface area contributed by atoms with Crippen LogP contribution in [0.15, 0.2) is 85.5 Å². The Bertz CT molecular complexity index is 953. The molecule has 0 spiro atoms.